The van der Waals surface area contributed by atoms with Crippen LogP contribution in [-0.2, 0) is 0 Å². The summed E-state index contributed by atoms with van der Waals surface area (Å²) in [5, 5.41) is 10.2. The molecule has 62 valence electrons. The Hall–Kier alpha value is -1.26. The third-order valence-electron chi connectivity index (χ3n) is 1.23. The Balaban J connectivity index is 2.64. The molecule has 0 spiro atoms. The lowest BCUT2D eigenvalue weighted by Gasteiger charge is -2.04. The maximum Gasteiger partial charge on any atom is 0.210 e. The van der Waals surface area contributed by atoms with E-state index in [0.29, 0.717) is 10.7 Å². The van der Waals surface area contributed by atoms with Gasteiger partial charge in [-0.3, -0.25) is 10.8 Å². The van der Waals surface area contributed by atoms with E-state index >= 15 is 0 Å². The maximum absolute atomic E-state index is 8.29. The molecule has 0 atom stereocenters. The van der Waals surface area contributed by atoms with Gasteiger partial charge in [0.2, 0.25) is 5.96 Å². The van der Waals surface area contributed by atoms with E-state index in [1.807, 2.05) is 0 Å². The Labute approximate surface area is 75.2 Å². The standard InChI is InChI=1S/C7H7ClN4/c8-5-1-3-6(4-2-5)11-7(9)12-10/h1-4H,(H3,9,11,12). The minimum absolute atomic E-state index is 0.183. The molecule has 0 bridgehead atoms. The normalized spacial score (nSPS) is 9.17. The van der Waals surface area contributed by atoms with Gasteiger partial charge in [0.1, 0.15) is 0 Å². The van der Waals surface area contributed by atoms with Crippen LogP contribution in [0.1, 0.15) is 0 Å². The van der Waals surface area contributed by atoms with Crippen molar-refractivity contribution in [1.29, 1.82) is 5.41 Å². The van der Waals surface area contributed by atoms with Crippen LogP contribution in [0.3, 0.4) is 0 Å². The van der Waals surface area contributed by atoms with Crippen LogP contribution in [0, 0.1) is 5.41 Å². The molecule has 0 aliphatic heterocycles. The number of nitrogens with zero attached hydrogens (tertiary/aromatic N) is 1. The average Bonchev–Trinajstić information content (AvgIpc) is 2.09. The fourth-order valence-corrected chi connectivity index (χ4v) is 0.831. The highest BCUT2D eigenvalue weighted by molar-refractivity contribution is 6.30. The quantitative estimate of drug-likeness (QED) is 0.348. The van der Waals surface area contributed by atoms with E-state index in [-0.39, 0.29) is 5.96 Å². The molecule has 0 fully saturated rings. The number of guanidine groups is 1. The Morgan fingerprint density at radius 3 is 2.42 bits per heavy atom. The van der Waals surface area contributed by atoms with Crippen molar-refractivity contribution < 1.29 is 0 Å². The van der Waals surface area contributed by atoms with Crippen LogP contribution >= 0.6 is 11.6 Å². The predicted molar refractivity (Wildman–Crippen MR) is 48.1 cm³/mol. The van der Waals surface area contributed by atoms with Gasteiger partial charge in [-0.05, 0) is 30.1 Å². The lowest BCUT2D eigenvalue weighted by Crippen LogP contribution is -2.27. The molecular formula is C7H7ClN4. The van der Waals surface area contributed by atoms with Gasteiger partial charge in [0.05, 0.1) is 0 Å². The first-order chi connectivity index (χ1) is 5.72. The van der Waals surface area contributed by atoms with Gasteiger partial charge in [0, 0.05) is 10.7 Å². The predicted octanol–water partition coefficient (Wildman–Crippen LogP) is 1.26. The summed E-state index contributed by atoms with van der Waals surface area (Å²) in [5.41, 5.74) is 2.35. The van der Waals surface area contributed by atoms with Crippen molar-refractivity contribution in [3.8, 4) is 0 Å². The zero-order chi connectivity index (χ0) is 8.97. The van der Waals surface area contributed by atoms with Gasteiger partial charge in [-0.1, -0.05) is 11.6 Å². The number of rotatable bonds is 1. The lowest BCUT2D eigenvalue weighted by molar-refractivity contribution is 0.963. The second-order valence-corrected chi connectivity index (χ2v) is 2.56. The van der Waals surface area contributed by atoms with E-state index in [1.54, 1.807) is 29.7 Å². The van der Waals surface area contributed by atoms with Crippen LogP contribution in [0.25, 0.3) is 0 Å². The summed E-state index contributed by atoms with van der Waals surface area (Å²) >= 11 is 5.64. The number of hydrogen-bond donors (Lipinski definition) is 3. The van der Waals surface area contributed by atoms with Crippen LogP contribution < -0.4 is 16.6 Å². The van der Waals surface area contributed by atoms with Crippen LogP contribution in [-0.4, -0.2) is 5.96 Å². The maximum atomic E-state index is 8.29. The van der Waals surface area contributed by atoms with Crippen molar-refractivity contribution in [3.63, 3.8) is 0 Å². The van der Waals surface area contributed by atoms with Crippen molar-refractivity contribution in [3.05, 3.63) is 29.3 Å². The molecule has 0 heterocycles. The topological polar surface area (TPSA) is 70.2 Å². The molecule has 0 aromatic heterocycles. The summed E-state index contributed by atoms with van der Waals surface area (Å²) in [4.78, 5) is 0. The molecule has 12 heavy (non-hydrogen) atoms. The van der Waals surface area contributed by atoms with Crippen molar-refractivity contribution in [2.45, 2.75) is 0 Å². The van der Waals surface area contributed by atoms with Crippen LogP contribution in [0.4, 0.5) is 5.69 Å². The highest BCUT2D eigenvalue weighted by Gasteiger charge is 1.94. The van der Waals surface area contributed by atoms with Crippen LogP contribution in [0.15, 0.2) is 24.3 Å². The van der Waals surface area contributed by atoms with Crippen LogP contribution in [0.2, 0.25) is 5.02 Å². The second-order valence-electron chi connectivity index (χ2n) is 2.12. The summed E-state index contributed by atoms with van der Waals surface area (Å²) in [6.07, 6.45) is 0. The molecule has 4 nitrogen and oxygen atoms in total. The molecule has 1 aromatic carbocycles. The van der Waals surface area contributed by atoms with Crippen molar-refractivity contribution in [2.24, 2.45) is 0 Å². The van der Waals surface area contributed by atoms with Crippen molar-refractivity contribution in [2.75, 3.05) is 5.32 Å². The van der Waals surface area contributed by atoms with Gasteiger partial charge >= 0.3 is 0 Å². The fraction of sp³-hybridized carbons (Fsp3) is 0. The summed E-state index contributed by atoms with van der Waals surface area (Å²) in [5.74, 6) is 8.10. The molecule has 0 unspecified atom stereocenters. The number of benzene rings is 1. The zero-order valence-corrected chi connectivity index (χ0v) is 6.89. The molecule has 0 aliphatic carbocycles. The highest BCUT2D eigenvalue weighted by Crippen LogP contribution is 2.12. The summed E-state index contributed by atoms with van der Waals surface area (Å²) in [6.45, 7) is 0. The second kappa shape index (κ2) is 3.94. The van der Waals surface area contributed by atoms with E-state index in [0.717, 1.165) is 0 Å². The molecule has 0 saturated heterocycles. The molecule has 3 N–H and O–H groups in total. The monoisotopic (exact) mass is 182 g/mol. The molecule has 0 saturated carbocycles. The third-order valence-corrected chi connectivity index (χ3v) is 1.48. The smallest absolute Gasteiger partial charge is 0.210 e. The molecule has 2 radical (unpaired) electrons. The van der Waals surface area contributed by atoms with Crippen molar-refractivity contribution in [1.82, 2.24) is 11.3 Å². The Morgan fingerprint density at radius 2 is 1.92 bits per heavy atom. The van der Waals surface area contributed by atoms with E-state index in [2.05, 4.69) is 5.32 Å². The number of halogens is 1. The number of anilines is 1. The molecular weight excluding hydrogens is 176 g/mol. The third kappa shape index (κ3) is 2.41. The largest absolute Gasteiger partial charge is 0.325 e. The summed E-state index contributed by atoms with van der Waals surface area (Å²) in [7, 11) is 0. The molecule has 5 heteroatoms. The Morgan fingerprint density at radius 1 is 1.33 bits per heavy atom. The highest BCUT2D eigenvalue weighted by atomic mass is 35.5. The number of nitrogens with one attached hydrogen (secondary N) is 3. The molecule has 0 aliphatic rings. The average molecular weight is 183 g/mol. The molecule has 1 aromatic rings. The first kappa shape index (κ1) is 8.83. The van der Waals surface area contributed by atoms with Gasteiger partial charge in [0.25, 0.3) is 0 Å². The minimum Gasteiger partial charge on any atom is -0.325 e. The van der Waals surface area contributed by atoms with Gasteiger partial charge in [0.15, 0.2) is 0 Å². The van der Waals surface area contributed by atoms with Gasteiger partial charge < -0.3 is 5.32 Å². The Bertz CT molecular complexity index is 269. The molecule has 1 rings (SSSR count). The van der Waals surface area contributed by atoms with E-state index in [1.165, 1.54) is 0 Å². The first-order valence-corrected chi connectivity index (χ1v) is 3.61. The SMILES string of the molecule is [N]NC(=N)Nc1ccc(Cl)cc1. The van der Waals surface area contributed by atoms with E-state index in [9.17, 15) is 0 Å². The lowest BCUT2D eigenvalue weighted by atomic mass is 10.3. The van der Waals surface area contributed by atoms with Crippen molar-refractivity contribution >= 4 is 23.2 Å². The van der Waals surface area contributed by atoms with Gasteiger partial charge in [-0.2, -0.15) is 0 Å². The Kier molecular flexibility index (Phi) is 2.90. The number of hydrogen-bond acceptors (Lipinski definition) is 1. The first-order valence-electron chi connectivity index (χ1n) is 3.23. The van der Waals surface area contributed by atoms with Gasteiger partial charge in [-0.15, -0.1) is 0 Å². The summed E-state index contributed by atoms with van der Waals surface area (Å²) in [6, 6.07) is 6.78. The van der Waals surface area contributed by atoms with E-state index < -0.39 is 0 Å². The zero-order valence-electron chi connectivity index (χ0n) is 6.13. The van der Waals surface area contributed by atoms with Gasteiger partial charge in [-0.25, -0.2) is 0 Å². The van der Waals surface area contributed by atoms with Crippen LogP contribution in [0.5, 0.6) is 0 Å². The van der Waals surface area contributed by atoms with E-state index in [4.69, 9.17) is 22.9 Å². The summed E-state index contributed by atoms with van der Waals surface area (Å²) < 4.78 is 0. The molecule has 0 amide bonds. The minimum atomic E-state index is -0.183. The fourth-order valence-electron chi connectivity index (χ4n) is 0.706.